The summed E-state index contributed by atoms with van der Waals surface area (Å²) in [5.74, 6) is 0. The molecule has 0 amide bonds. The van der Waals surface area contributed by atoms with E-state index in [4.69, 9.17) is 0 Å². The van der Waals surface area contributed by atoms with Crippen molar-refractivity contribution in [2.45, 2.75) is 18.1 Å². The Bertz CT molecular complexity index is 328. The van der Waals surface area contributed by atoms with Gasteiger partial charge in [-0.3, -0.25) is 0 Å². The zero-order valence-corrected chi connectivity index (χ0v) is 8.69. The van der Waals surface area contributed by atoms with Crippen molar-refractivity contribution in [3.05, 3.63) is 42.9 Å². The van der Waals surface area contributed by atoms with Crippen LogP contribution < -0.4 is 4.90 Å². The summed E-state index contributed by atoms with van der Waals surface area (Å²) in [4.78, 5) is 1.02. The van der Waals surface area contributed by atoms with Gasteiger partial charge < -0.3 is 15.1 Å². The average Bonchev–Trinajstić information content (AvgIpc) is 2.25. The normalized spacial score (nSPS) is 36.5. The Morgan fingerprint density at radius 2 is 2.00 bits per heavy atom. The maximum absolute atomic E-state index is 10.4. The topological polar surface area (TPSA) is 44.9 Å². The number of hydrogen-bond donors (Lipinski definition) is 3. The summed E-state index contributed by atoms with van der Waals surface area (Å²) in [6.45, 7) is 1.27. The van der Waals surface area contributed by atoms with Crippen LogP contribution in [0.25, 0.3) is 0 Å². The summed E-state index contributed by atoms with van der Waals surface area (Å²) in [6, 6.07) is 9.38. The molecule has 0 aromatic heterocycles. The minimum absolute atomic E-state index is 0.491. The molecule has 3 heteroatoms. The smallest absolute Gasteiger partial charge is 0.134 e. The molecule has 3 atom stereocenters. The number of quaternary nitrogens is 1. The highest BCUT2D eigenvalue weighted by Crippen LogP contribution is 2.29. The first-order valence-electron chi connectivity index (χ1n) is 5.25. The summed E-state index contributed by atoms with van der Waals surface area (Å²) in [5.41, 5.74) is -0.298. The lowest BCUT2D eigenvalue weighted by Gasteiger charge is -2.41. The Morgan fingerprint density at radius 1 is 1.33 bits per heavy atom. The van der Waals surface area contributed by atoms with Gasteiger partial charge in [-0.25, -0.2) is 0 Å². The number of aliphatic hydroxyl groups excluding tert-OH is 1. The fourth-order valence-electron chi connectivity index (χ4n) is 2.14. The van der Waals surface area contributed by atoms with Crippen LogP contribution in [0.15, 0.2) is 30.3 Å². The molecule has 82 valence electrons. The van der Waals surface area contributed by atoms with Crippen LogP contribution in [0.3, 0.4) is 0 Å². The first kappa shape index (κ1) is 10.6. The molecular weight excluding hydrogens is 190 g/mol. The van der Waals surface area contributed by atoms with Gasteiger partial charge >= 0.3 is 0 Å². The van der Waals surface area contributed by atoms with E-state index in [2.05, 4.69) is 7.05 Å². The summed E-state index contributed by atoms with van der Waals surface area (Å²) >= 11 is 0. The SMILES string of the molecule is [CH2-][NH+]1CC[C@](O)(c2ccccc2)[C@@H](O)C1. The molecular formula is C12H17NO2. The number of nitrogens with one attached hydrogen (secondary N) is 1. The van der Waals surface area contributed by atoms with Crippen molar-refractivity contribution in [1.82, 2.24) is 0 Å². The van der Waals surface area contributed by atoms with Gasteiger partial charge in [0.05, 0.1) is 13.1 Å². The van der Waals surface area contributed by atoms with Crippen LogP contribution in [0.5, 0.6) is 0 Å². The predicted molar refractivity (Wildman–Crippen MR) is 57.0 cm³/mol. The first-order chi connectivity index (χ1) is 7.13. The molecule has 2 rings (SSSR count). The molecule has 1 unspecified atom stereocenters. The van der Waals surface area contributed by atoms with E-state index in [-0.39, 0.29) is 0 Å². The molecule has 3 nitrogen and oxygen atoms in total. The molecule has 0 saturated carbocycles. The molecule has 1 aromatic carbocycles. The second kappa shape index (κ2) is 3.93. The molecule has 1 fully saturated rings. The maximum Gasteiger partial charge on any atom is 0.134 e. The molecule has 0 aliphatic carbocycles. The molecule has 0 bridgehead atoms. The zero-order chi connectivity index (χ0) is 10.9. The van der Waals surface area contributed by atoms with Crippen molar-refractivity contribution in [2.75, 3.05) is 13.1 Å². The van der Waals surface area contributed by atoms with Crippen LogP contribution in [0.1, 0.15) is 12.0 Å². The Kier molecular flexibility index (Phi) is 2.78. The summed E-state index contributed by atoms with van der Waals surface area (Å²) in [5, 5.41) is 20.4. The van der Waals surface area contributed by atoms with E-state index < -0.39 is 11.7 Å². The van der Waals surface area contributed by atoms with Crippen molar-refractivity contribution in [3.8, 4) is 0 Å². The molecule has 0 spiro atoms. The van der Waals surface area contributed by atoms with Crippen molar-refractivity contribution in [1.29, 1.82) is 0 Å². The van der Waals surface area contributed by atoms with E-state index in [1.54, 1.807) is 0 Å². The fourth-order valence-corrected chi connectivity index (χ4v) is 2.14. The van der Waals surface area contributed by atoms with Gasteiger partial charge in [0.15, 0.2) is 0 Å². The van der Waals surface area contributed by atoms with Gasteiger partial charge in [0.2, 0.25) is 0 Å². The van der Waals surface area contributed by atoms with Crippen molar-refractivity contribution in [3.63, 3.8) is 0 Å². The number of piperidine rings is 1. The second-order valence-corrected chi connectivity index (χ2v) is 4.26. The molecule has 3 N–H and O–H groups in total. The summed E-state index contributed by atoms with van der Waals surface area (Å²) < 4.78 is 0. The zero-order valence-electron chi connectivity index (χ0n) is 8.69. The maximum atomic E-state index is 10.4. The molecule has 1 heterocycles. The second-order valence-electron chi connectivity index (χ2n) is 4.26. The van der Waals surface area contributed by atoms with Crippen LogP contribution in [0.2, 0.25) is 0 Å². The predicted octanol–water partition coefficient (Wildman–Crippen LogP) is -0.685. The lowest BCUT2D eigenvalue weighted by molar-refractivity contribution is -0.867. The Balaban J connectivity index is 2.27. The van der Waals surface area contributed by atoms with Crippen LogP contribution in [-0.2, 0) is 5.60 Å². The van der Waals surface area contributed by atoms with Gasteiger partial charge in [-0.2, -0.15) is 7.05 Å². The lowest BCUT2D eigenvalue weighted by Crippen LogP contribution is -3.10. The van der Waals surface area contributed by atoms with Gasteiger partial charge in [0.25, 0.3) is 0 Å². The van der Waals surface area contributed by atoms with E-state index >= 15 is 0 Å². The lowest BCUT2D eigenvalue weighted by atomic mass is 9.82. The fraction of sp³-hybridized carbons (Fsp3) is 0.417. The number of benzene rings is 1. The largest absolute Gasteiger partial charge is 0.465 e. The van der Waals surface area contributed by atoms with Crippen LogP contribution in [-0.4, -0.2) is 29.4 Å². The minimum atomic E-state index is -1.09. The third-order valence-corrected chi connectivity index (χ3v) is 3.17. The highest BCUT2D eigenvalue weighted by atomic mass is 16.3. The van der Waals surface area contributed by atoms with E-state index in [9.17, 15) is 10.2 Å². The van der Waals surface area contributed by atoms with Gasteiger partial charge in [-0.1, -0.05) is 30.3 Å². The van der Waals surface area contributed by atoms with Crippen LogP contribution >= 0.6 is 0 Å². The van der Waals surface area contributed by atoms with Crippen molar-refractivity contribution in [2.24, 2.45) is 0 Å². The molecule has 1 aliphatic rings. The monoisotopic (exact) mass is 207 g/mol. The number of rotatable bonds is 1. The van der Waals surface area contributed by atoms with Gasteiger partial charge in [0, 0.05) is 6.42 Å². The van der Waals surface area contributed by atoms with Gasteiger partial charge in [-0.15, -0.1) is 0 Å². The van der Waals surface area contributed by atoms with Gasteiger partial charge in [-0.05, 0) is 5.56 Å². The molecule has 15 heavy (non-hydrogen) atoms. The standard InChI is InChI=1S/C12H17NO2/c1-13-8-7-12(15,11(14)9-13)10-5-3-2-4-6-10/h2-6,11,13-15H,1,7-9H2/t11-,12-/m0/s1. The Hall–Kier alpha value is -0.900. The number of aliphatic hydroxyl groups is 2. The third-order valence-electron chi connectivity index (χ3n) is 3.17. The molecule has 1 aliphatic heterocycles. The summed E-state index contributed by atoms with van der Waals surface area (Å²) in [6.07, 6.45) is -0.182. The highest BCUT2D eigenvalue weighted by molar-refractivity contribution is 5.24. The highest BCUT2D eigenvalue weighted by Gasteiger charge is 2.42. The van der Waals surface area contributed by atoms with E-state index in [1.807, 2.05) is 30.3 Å². The molecule has 1 aromatic rings. The Morgan fingerprint density at radius 3 is 2.60 bits per heavy atom. The third kappa shape index (κ3) is 1.91. The van der Waals surface area contributed by atoms with E-state index in [0.717, 1.165) is 17.0 Å². The molecule has 1 saturated heterocycles. The van der Waals surface area contributed by atoms with E-state index in [1.165, 1.54) is 0 Å². The van der Waals surface area contributed by atoms with Gasteiger partial charge in [0.1, 0.15) is 11.7 Å². The quantitative estimate of drug-likeness (QED) is 0.534. The first-order valence-corrected chi connectivity index (χ1v) is 5.25. The number of likely N-dealkylation sites (tertiary alicyclic amines) is 1. The van der Waals surface area contributed by atoms with Crippen molar-refractivity contribution < 1.29 is 15.1 Å². The molecule has 0 radical (unpaired) electrons. The van der Waals surface area contributed by atoms with Crippen molar-refractivity contribution >= 4 is 0 Å². The van der Waals surface area contributed by atoms with Crippen LogP contribution in [0, 0.1) is 7.05 Å². The number of hydrogen-bond acceptors (Lipinski definition) is 2. The van der Waals surface area contributed by atoms with Crippen LogP contribution in [0.4, 0.5) is 0 Å². The summed E-state index contributed by atoms with van der Waals surface area (Å²) in [7, 11) is 3.85. The minimum Gasteiger partial charge on any atom is -0.465 e. The van der Waals surface area contributed by atoms with E-state index in [0.29, 0.717) is 13.0 Å². The Labute approximate surface area is 90.0 Å². The average molecular weight is 207 g/mol.